The second-order valence-electron chi connectivity index (χ2n) is 5.21. The highest BCUT2D eigenvalue weighted by Crippen LogP contribution is 2.30. The van der Waals surface area contributed by atoms with Gasteiger partial charge in [0.1, 0.15) is 0 Å². The lowest BCUT2D eigenvalue weighted by Gasteiger charge is -2.36. The van der Waals surface area contributed by atoms with Crippen molar-refractivity contribution in [3.63, 3.8) is 0 Å². The van der Waals surface area contributed by atoms with E-state index in [2.05, 4.69) is 39.5 Å². The van der Waals surface area contributed by atoms with Gasteiger partial charge in [0.25, 0.3) is 0 Å². The average molecular weight is 183 g/mol. The molecule has 1 nitrogen and oxygen atoms in total. The molecule has 0 aromatic rings. The molecule has 0 N–H and O–H groups in total. The zero-order valence-corrected chi connectivity index (χ0v) is 9.88. The summed E-state index contributed by atoms with van der Waals surface area (Å²) in [6, 6.07) is 2.26. The first-order valence-electron chi connectivity index (χ1n) is 5.79. The predicted molar refractivity (Wildman–Crippen MR) is 58.9 cm³/mol. The maximum Gasteiger partial charge on any atom is 0.0103 e. The molecule has 13 heavy (non-hydrogen) atoms. The molecule has 1 aliphatic rings. The van der Waals surface area contributed by atoms with Crippen molar-refractivity contribution in [3.8, 4) is 0 Å². The molecule has 1 heteroatoms. The van der Waals surface area contributed by atoms with Crippen molar-refractivity contribution in [2.45, 2.75) is 72.0 Å². The van der Waals surface area contributed by atoms with E-state index in [-0.39, 0.29) is 0 Å². The number of hydrogen-bond donors (Lipinski definition) is 0. The van der Waals surface area contributed by atoms with E-state index in [1.54, 1.807) is 0 Å². The molecule has 0 aromatic carbocycles. The molecule has 1 aliphatic carbocycles. The van der Waals surface area contributed by atoms with Crippen LogP contribution in [0.3, 0.4) is 0 Å². The van der Waals surface area contributed by atoms with Crippen LogP contribution in [0.4, 0.5) is 0 Å². The fraction of sp³-hybridized carbons (Fsp3) is 1.00. The Morgan fingerprint density at radius 3 is 1.85 bits per heavy atom. The minimum absolute atomic E-state index is 0.704. The van der Waals surface area contributed by atoms with Gasteiger partial charge in [0.2, 0.25) is 0 Å². The molecule has 0 aromatic heterocycles. The molecule has 0 bridgehead atoms. The third-order valence-electron chi connectivity index (χ3n) is 3.28. The molecule has 0 amide bonds. The van der Waals surface area contributed by atoms with Crippen molar-refractivity contribution in [2.24, 2.45) is 5.92 Å². The van der Waals surface area contributed by atoms with E-state index in [0.29, 0.717) is 12.1 Å². The van der Waals surface area contributed by atoms with Crippen LogP contribution in [-0.2, 0) is 0 Å². The van der Waals surface area contributed by atoms with Crippen LogP contribution in [0.2, 0.25) is 0 Å². The van der Waals surface area contributed by atoms with Crippen molar-refractivity contribution in [2.75, 3.05) is 0 Å². The Morgan fingerprint density at radius 1 is 1.00 bits per heavy atom. The SMILES string of the molecule is CC1CCC(N(C(C)C)C(C)C)C1. The first kappa shape index (κ1) is 11.0. The van der Waals surface area contributed by atoms with Crippen LogP contribution in [0.5, 0.6) is 0 Å². The Bertz CT molecular complexity index is 143. The van der Waals surface area contributed by atoms with Crippen molar-refractivity contribution >= 4 is 0 Å². The molecular formula is C12H25N. The first-order chi connectivity index (χ1) is 6.02. The Balaban J connectivity index is 2.55. The van der Waals surface area contributed by atoms with E-state index in [1.807, 2.05) is 0 Å². The smallest absolute Gasteiger partial charge is 0.0103 e. The zero-order valence-electron chi connectivity index (χ0n) is 9.88. The van der Waals surface area contributed by atoms with Crippen molar-refractivity contribution in [1.29, 1.82) is 0 Å². The largest absolute Gasteiger partial charge is 0.296 e. The van der Waals surface area contributed by atoms with Crippen LogP contribution in [0.25, 0.3) is 0 Å². The van der Waals surface area contributed by atoms with E-state index in [9.17, 15) is 0 Å². The molecule has 78 valence electrons. The third kappa shape index (κ3) is 2.70. The van der Waals surface area contributed by atoms with Crippen molar-refractivity contribution in [1.82, 2.24) is 4.90 Å². The first-order valence-corrected chi connectivity index (χ1v) is 5.79. The standard InChI is InChI=1S/C12H25N/c1-9(2)13(10(3)4)12-7-6-11(5)8-12/h9-12H,6-8H2,1-5H3. The molecule has 1 rings (SSSR count). The summed E-state index contributed by atoms with van der Waals surface area (Å²) in [6.45, 7) is 11.7. The molecule has 2 atom stereocenters. The van der Waals surface area contributed by atoms with Crippen LogP contribution < -0.4 is 0 Å². The van der Waals surface area contributed by atoms with Gasteiger partial charge in [-0.3, -0.25) is 4.90 Å². The van der Waals surface area contributed by atoms with Crippen molar-refractivity contribution in [3.05, 3.63) is 0 Å². The highest BCUT2D eigenvalue weighted by Gasteiger charge is 2.29. The topological polar surface area (TPSA) is 3.24 Å². The summed E-state index contributed by atoms with van der Waals surface area (Å²) < 4.78 is 0. The Hall–Kier alpha value is -0.0400. The molecule has 0 radical (unpaired) electrons. The summed E-state index contributed by atoms with van der Waals surface area (Å²) in [5, 5.41) is 0. The Morgan fingerprint density at radius 2 is 1.54 bits per heavy atom. The fourth-order valence-corrected chi connectivity index (χ4v) is 2.89. The minimum atomic E-state index is 0.704. The van der Waals surface area contributed by atoms with E-state index < -0.39 is 0 Å². The van der Waals surface area contributed by atoms with E-state index >= 15 is 0 Å². The van der Waals surface area contributed by atoms with Gasteiger partial charge in [0.15, 0.2) is 0 Å². The van der Waals surface area contributed by atoms with Gasteiger partial charge in [0, 0.05) is 18.1 Å². The summed E-state index contributed by atoms with van der Waals surface area (Å²) in [4.78, 5) is 2.68. The summed E-state index contributed by atoms with van der Waals surface area (Å²) in [5.41, 5.74) is 0. The lowest BCUT2D eigenvalue weighted by molar-refractivity contribution is 0.113. The highest BCUT2D eigenvalue weighted by molar-refractivity contribution is 4.84. The fourth-order valence-electron chi connectivity index (χ4n) is 2.89. The summed E-state index contributed by atoms with van der Waals surface area (Å²) >= 11 is 0. The number of nitrogens with zero attached hydrogens (tertiary/aromatic N) is 1. The van der Waals surface area contributed by atoms with Gasteiger partial charge in [-0.05, 0) is 52.9 Å². The summed E-state index contributed by atoms with van der Waals surface area (Å²) in [7, 11) is 0. The van der Waals surface area contributed by atoms with Gasteiger partial charge < -0.3 is 0 Å². The van der Waals surface area contributed by atoms with Gasteiger partial charge in [0.05, 0.1) is 0 Å². The highest BCUT2D eigenvalue weighted by atomic mass is 15.2. The van der Waals surface area contributed by atoms with E-state index in [1.165, 1.54) is 19.3 Å². The Kier molecular flexibility index (Phi) is 3.78. The second-order valence-corrected chi connectivity index (χ2v) is 5.21. The van der Waals surface area contributed by atoms with Gasteiger partial charge in [-0.25, -0.2) is 0 Å². The molecule has 0 spiro atoms. The summed E-state index contributed by atoms with van der Waals surface area (Å²) in [5.74, 6) is 0.949. The van der Waals surface area contributed by atoms with Crippen LogP contribution in [0.1, 0.15) is 53.9 Å². The molecule has 0 aliphatic heterocycles. The van der Waals surface area contributed by atoms with Crippen LogP contribution in [-0.4, -0.2) is 23.0 Å². The van der Waals surface area contributed by atoms with E-state index in [0.717, 1.165) is 12.0 Å². The quantitative estimate of drug-likeness (QED) is 0.649. The predicted octanol–water partition coefficient (Wildman–Crippen LogP) is 3.29. The Labute approximate surface area is 83.5 Å². The third-order valence-corrected chi connectivity index (χ3v) is 3.28. The lowest BCUT2D eigenvalue weighted by atomic mass is 10.1. The molecule has 0 heterocycles. The van der Waals surface area contributed by atoms with Crippen LogP contribution in [0, 0.1) is 5.92 Å². The number of rotatable bonds is 3. The minimum Gasteiger partial charge on any atom is -0.296 e. The van der Waals surface area contributed by atoms with Crippen LogP contribution >= 0.6 is 0 Å². The molecule has 1 saturated carbocycles. The maximum absolute atomic E-state index is 2.68. The number of hydrogen-bond acceptors (Lipinski definition) is 1. The molecular weight excluding hydrogens is 158 g/mol. The molecule has 0 saturated heterocycles. The second kappa shape index (κ2) is 4.45. The average Bonchev–Trinajstić information content (AvgIpc) is 2.34. The normalized spacial score (nSPS) is 29.5. The van der Waals surface area contributed by atoms with E-state index in [4.69, 9.17) is 0 Å². The summed E-state index contributed by atoms with van der Waals surface area (Å²) in [6.07, 6.45) is 4.26. The van der Waals surface area contributed by atoms with Crippen LogP contribution in [0.15, 0.2) is 0 Å². The monoisotopic (exact) mass is 183 g/mol. The van der Waals surface area contributed by atoms with Gasteiger partial charge in [-0.15, -0.1) is 0 Å². The van der Waals surface area contributed by atoms with Crippen molar-refractivity contribution < 1.29 is 0 Å². The molecule has 2 unspecified atom stereocenters. The van der Waals surface area contributed by atoms with Gasteiger partial charge in [-0.2, -0.15) is 0 Å². The maximum atomic E-state index is 2.68. The van der Waals surface area contributed by atoms with Gasteiger partial charge >= 0.3 is 0 Å². The molecule has 1 fully saturated rings. The zero-order chi connectivity index (χ0) is 10.0. The van der Waals surface area contributed by atoms with Gasteiger partial charge in [-0.1, -0.05) is 6.92 Å². The lowest BCUT2D eigenvalue weighted by Crippen LogP contribution is -2.43.